The third kappa shape index (κ3) is 4.35. The van der Waals surface area contributed by atoms with Crippen molar-refractivity contribution < 1.29 is 4.74 Å². The normalized spacial score (nSPS) is 17.3. The Labute approximate surface area is 183 Å². The van der Waals surface area contributed by atoms with E-state index < -0.39 is 0 Å². The Morgan fingerprint density at radius 3 is 2.55 bits per heavy atom. The number of anilines is 3. The van der Waals surface area contributed by atoms with Crippen LogP contribution < -0.4 is 15.0 Å². The SMILES string of the molecule is COc1ccccc1Nc1cc(N2CCC(N3CCc4ccccc4C3)CC2)ncn1. The number of piperidine rings is 1. The van der Waals surface area contributed by atoms with Gasteiger partial charge >= 0.3 is 0 Å². The van der Waals surface area contributed by atoms with Crippen molar-refractivity contribution in [3.8, 4) is 5.75 Å². The number of aromatic nitrogens is 2. The second-order valence-electron chi connectivity index (χ2n) is 8.29. The van der Waals surface area contributed by atoms with E-state index in [1.54, 1.807) is 13.4 Å². The number of fused-ring (bicyclic) bond motifs is 1. The topological polar surface area (TPSA) is 53.5 Å². The van der Waals surface area contributed by atoms with Crippen molar-refractivity contribution in [2.45, 2.75) is 31.8 Å². The predicted octanol–water partition coefficient (Wildman–Crippen LogP) is 4.26. The molecule has 6 heteroatoms. The fourth-order valence-electron chi connectivity index (χ4n) is 4.76. The lowest BCUT2D eigenvalue weighted by Gasteiger charge is -2.41. The van der Waals surface area contributed by atoms with Gasteiger partial charge in [0.05, 0.1) is 12.8 Å². The molecule has 0 atom stereocenters. The van der Waals surface area contributed by atoms with Crippen LogP contribution in [0.2, 0.25) is 0 Å². The molecule has 0 unspecified atom stereocenters. The summed E-state index contributed by atoms with van der Waals surface area (Å²) in [6, 6.07) is 19.4. The van der Waals surface area contributed by atoms with Crippen molar-refractivity contribution in [2.24, 2.45) is 0 Å². The molecule has 0 bridgehead atoms. The van der Waals surface area contributed by atoms with Crippen LogP contribution in [-0.4, -0.2) is 47.7 Å². The van der Waals surface area contributed by atoms with E-state index in [9.17, 15) is 0 Å². The van der Waals surface area contributed by atoms with Crippen LogP contribution in [0.5, 0.6) is 5.75 Å². The Morgan fingerprint density at radius 2 is 1.71 bits per heavy atom. The Balaban J connectivity index is 1.22. The summed E-state index contributed by atoms with van der Waals surface area (Å²) in [6.45, 7) is 4.30. The van der Waals surface area contributed by atoms with Gasteiger partial charge in [-0.2, -0.15) is 0 Å². The van der Waals surface area contributed by atoms with Gasteiger partial charge in [-0.1, -0.05) is 36.4 Å². The number of nitrogens with one attached hydrogen (secondary N) is 1. The van der Waals surface area contributed by atoms with Gasteiger partial charge in [0.25, 0.3) is 0 Å². The Morgan fingerprint density at radius 1 is 0.935 bits per heavy atom. The largest absolute Gasteiger partial charge is 0.495 e. The van der Waals surface area contributed by atoms with E-state index in [0.29, 0.717) is 6.04 Å². The molecule has 0 aliphatic carbocycles. The lowest BCUT2D eigenvalue weighted by atomic mass is 9.95. The molecule has 0 amide bonds. The molecular formula is C25H29N5O. The number of methoxy groups -OCH3 is 1. The maximum atomic E-state index is 5.43. The van der Waals surface area contributed by atoms with E-state index in [0.717, 1.165) is 42.7 Å². The summed E-state index contributed by atoms with van der Waals surface area (Å²) in [5.74, 6) is 2.56. The molecule has 160 valence electrons. The van der Waals surface area contributed by atoms with Crippen molar-refractivity contribution in [3.05, 3.63) is 72.1 Å². The number of rotatable bonds is 5. The summed E-state index contributed by atoms with van der Waals surface area (Å²) in [5.41, 5.74) is 3.92. The Hall–Kier alpha value is -3.12. The molecule has 1 N–H and O–H groups in total. The molecule has 0 saturated carbocycles. The molecule has 0 spiro atoms. The van der Waals surface area contributed by atoms with Crippen molar-refractivity contribution in [1.29, 1.82) is 0 Å². The van der Waals surface area contributed by atoms with E-state index in [1.165, 1.54) is 36.9 Å². The number of ether oxygens (including phenoxy) is 1. The fraction of sp³-hybridized carbons (Fsp3) is 0.360. The second-order valence-corrected chi connectivity index (χ2v) is 8.29. The molecule has 2 aliphatic rings. The zero-order valence-corrected chi connectivity index (χ0v) is 18.0. The summed E-state index contributed by atoms with van der Waals surface area (Å²) in [6.07, 6.45) is 5.14. The standard InChI is InChI=1S/C25H29N5O/c1-31-23-9-5-4-8-22(23)28-24-16-25(27-18-26-24)29-14-11-21(12-15-29)30-13-10-19-6-2-3-7-20(19)17-30/h2-9,16,18,21H,10-15,17H2,1H3,(H,26,27,28). The van der Waals surface area contributed by atoms with Crippen molar-refractivity contribution >= 4 is 17.3 Å². The van der Waals surface area contributed by atoms with E-state index in [4.69, 9.17) is 4.74 Å². The van der Waals surface area contributed by atoms with Crippen molar-refractivity contribution in [1.82, 2.24) is 14.9 Å². The highest BCUT2D eigenvalue weighted by Crippen LogP contribution is 2.29. The predicted molar refractivity (Wildman–Crippen MR) is 124 cm³/mol. The lowest BCUT2D eigenvalue weighted by Crippen LogP contribution is -2.46. The first kappa shape index (κ1) is 19.8. The first-order chi connectivity index (χ1) is 15.3. The highest BCUT2D eigenvalue weighted by atomic mass is 16.5. The number of para-hydroxylation sites is 2. The van der Waals surface area contributed by atoms with Gasteiger partial charge in [-0.05, 0) is 42.5 Å². The van der Waals surface area contributed by atoms with Gasteiger partial charge in [-0.3, -0.25) is 4.90 Å². The lowest BCUT2D eigenvalue weighted by molar-refractivity contribution is 0.153. The minimum Gasteiger partial charge on any atom is -0.495 e. The van der Waals surface area contributed by atoms with Crippen LogP contribution in [0.1, 0.15) is 24.0 Å². The van der Waals surface area contributed by atoms with Crippen LogP contribution >= 0.6 is 0 Å². The molecule has 1 saturated heterocycles. The van der Waals surface area contributed by atoms with Gasteiger partial charge < -0.3 is 15.0 Å². The number of nitrogens with zero attached hydrogens (tertiary/aromatic N) is 4. The maximum absolute atomic E-state index is 5.43. The molecule has 3 heterocycles. The molecule has 2 aromatic carbocycles. The van der Waals surface area contributed by atoms with Crippen molar-refractivity contribution in [3.63, 3.8) is 0 Å². The van der Waals surface area contributed by atoms with Crippen molar-refractivity contribution in [2.75, 3.05) is 37.0 Å². The van der Waals surface area contributed by atoms with Crippen LogP contribution in [0.4, 0.5) is 17.3 Å². The molecule has 6 nitrogen and oxygen atoms in total. The zero-order valence-electron chi connectivity index (χ0n) is 18.0. The Kier molecular flexibility index (Phi) is 5.71. The number of hydrogen-bond acceptors (Lipinski definition) is 6. The third-order valence-electron chi connectivity index (χ3n) is 6.49. The molecule has 3 aromatic rings. The fourth-order valence-corrected chi connectivity index (χ4v) is 4.76. The summed E-state index contributed by atoms with van der Waals surface area (Å²) in [7, 11) is 1.68. The Bertz CT molecular complexity index is 1030. The van der Waals surface area contributed by atoms with Crippen LogP contribution in [0.25, 0.3) is 0 Å². The van der Waals surface area contributed by atoms with Crippen LogP contribution in [-0.2, 0) is 13.0 Å². The summed E-state index contributed by atoms with van der Waals surface area (Å²) >= 11 is 0. The summed E-state index contributed by atoms with van der Waals surface area (Å²) in [4.78, 5) is 14.0. The average molecular weight is 416 g/mol. The van der Waals surface area contributed by atoms with Gasteiger partial charge in [0.2, 0.25) is 0 Å². The second kappa shape index (κ2) is 8.94. The molecule has 1 aromatic heterocycles. The summed E-state index contributed by atoms with van der Waals surface area (Å²) in [5, 5.41) is 3.36. The quantitative estimate of drug-likeness (QED) is 0.672. The van der Waals surface area contributed by atoms with Crippen LogP contribution in [0, 0.1) is 0 Å². The molecule has 5 rings (SSSR count). The minimum atomic E-state index is 0.651. The smallest absolute Gasteiger partial charge is 0.142 e. The molecule has 2 aliphatic heterocycles. The number of hydrogen-bond donors (Lipinski definition) is 1. The van der Waals surface area contributed by atoms with Gasteiger partial charge in [0.1, 0.15) is 23.7 Å². The van der Waals surface area contributed by atoms with Gasteiger partial charge in [0.15, 0.2) is 0 Å². The minimum absolute atomic E-state index is 0.651. The molecule has 31 heavy (non-hydrogen) atoms. The van der Waals surface area contributed by atoms with E-state index >= 15 is 0 Å². The van der Waals surface area contributed by atoms with Gasteiger partial charge in [-0.15, -0.1) is 0 Å². The average Bonchev–Trinajstić information content (AvgIpc) is 2.84. The van der Waals surface area contributed by atoms with E-state index in [1.807, 2.05) is 30.3 Å². The van der Waals surface area contributed by atoms with E-state index in [-0.39, 0.29) is 0 Å². The molecule has 1 fully saturated rings. The van der Waals surface area contributed by atoms with E-state index in [2.05, 4.69) is 49.4 Å². The third-order valence-corrected chi connectivity index (χ3v) is 6.49. The van der Waals surface area contributed by atoms with Crippen LogP contribution in [0.3, 0.4) is 0 Å². The monoisotopic (exact) mass is 415 g/mol. The van der Waals surface area contributed by atoms with Gasteiger partial charge in [0, 0.05) is 38.3 Å². The zero-order chi connectivity index (χ0) is 21.0. The first-order valence-corrected chi connectivity index (χ1v) is 11.1. The molecular weight excluding hydrogens is 386 g/mol. The maximum Gasteiger partial charge on any atom is 0.142 e. The highest BCUT2D eigenvalue weighted by Gasteiger charge is 2.27. The first-order valence-electron chi connectivity index (χ1n) is 11.1. The summed E-state index contributed by atoms with van der Waals surface area (Å²) < 4.78 is 5.43. The number of benzene rings is 2. The van der Waals surface area contributed by atoms with Gasteiger partial charge in [-0.25, -0.2) is 9.97 Å². The molecule has 0 radical (unpaired) electrons. The van der Waals surface area contributed by atoms with Crippen LogP contribution in [0.15, 0.2) is 60.9 Å². The highest BCUT2D eigenvalue weighted by molar-refractivity contribution is 5.65.